The molecule has 0 aliphatic carbocycles. The van der Waals surface area contributed by atoms with Crippen molar-refractivity contribution in [2.75, 3.05) is 20.2 Å². The van der Waals surface area contributed by atoms with Gasteiger partial charge in [-0.3, -0.25) is 4.79 Å². The van der Waals surface area contributed by atoms with E-state index in [2.05, 4.69) is 13.8 Å². The summed E-state index contributed by atoms with van der Waals surface area (Å²) in [5.41, 5.74) is 1.09. The summed E-state index contributed by atoms with van der Waals surface area (Å²) in [4.78, 5) is 14.3. The summed E-state index contributed by atoms with van der Waals surface area (Å²) in [6.07, 6.45) is 3.72. The van der Waals surface area contributed by atoms with Crippen molar-refractivity contribution in [1.29, 1.82) is 0 Å². The zero-order valence-corrected chi connectivity index (χ0v) is 13.9. The molecule has 0 spiro atoms. The van der Waals surface area contributed by atoms with Crippen molar-refractivity contribution in [2.45, 2.75) is 51.7 Å². The van der Waals surface area contributed by atoms with Crippen LogP contribution in [0, 0.1) is 0 Å². The first-order valence-electron chi connectivity index (χ1n) is 8.15. The van der Waals surface area contributed by atoms with E-state index in [0.717, 1.165) is 43.7 Å². The predicted octanol–water partition coefficient (Wildman–Crippen LogP) is 3.04. The van der Waals surface area contributed by atoms with Crippen LogP contribution in [0.2, 0.25) is 0 Å². The number of likely N-dealkylation sites (tertiary alicyclic amines) is 1. The summed E-state index contributed by atoms with van der Waals surface area (Å²) in [7, 11) is 1.67. The van der Waals surface area contributed by atoms with E-state index < -0.39 is 0 Å². The molecule has 4 nitrogen and oxygen atoms in total. The zero-order valence-electron chi connectivity index (χ0n) is 13.9. The SMILES string of the molecule is COc1ccccc1CCC(=O)N1CCC(OC(C)C)CC1. The number of ether oxygens (including phenoxy) is 2. The fourth-order valence-corrected chi connectivity index (χ4v) is 2.94. The highest BCUT2D eigenvalue weighted by atomic mass is 16.5. The molecule has 1 aliphatic rings. The lowest BCUT2D eigenvalue weighted by atomic mass is 10.0. The van der Waals surface area contributed by atoms with E-state index >= 15 is 0 Å². The average molecular weight is 305 g/mol. The predicted molar refractivity (Wildman–Crippen MR) is 87.1 cm³/mol. The molecule has 0 saturated carbocycles. The van der Waals surface area contributed by atoms with Crippen molar-refractivity contribution in [3.8, 4) is 5.75 Å². The van der Waals surface area contributed by atoms with Crippen LogP contribution < -0.4 is 4.74 Å². The molecule has 0 aromatic heterocycles. The van der Waals surface area contributed by atoms with Gasteiger partial charge in [-0.1, -0.05) is 18.2 Å². The van der Waals surface area contributed by atoms with Crippen LogP contribution in [0.25, 0.3) is 0 Å². The molecule has 122 valence electrons. The van der Waals surface area contributed by atoms with Crippen molar-refractivity contribution < 1.29 is 14.3 Å². The summed E-state index contributed by atoms with van der Waals surface area (Å²) in [5.74, 6) is 1.09. The van der Waals surface area contributed by atoms with Crippen molar-refractivity contribution in [3.05, 3.63) is 29.8 Å². The number of benzene rings is 1. The Bertz CT molecular complexity index is 479. The maximum atomic E-state index is 12.3. The molecule has 1 saturated heterocycles. The number of hydrogen-bond donors (Lipinski definition) is 0. The maximum absolute atomic E-state index is 12.3. The lowest BCUT2D eigenvalue weighted by Crippen LogP contribution is -2.41. The molecular formula is C18H27NO3. The maximum Gasteiger partial charge on any atom is 0.222 e. The van der Waals surface area contributed by atoms with Gasteiger partial charge in [0.25, 0.3) is 0 Å². The van der Waals surface area contributed by atoms with Gasteiger partial charge in [-0.15, -0.1) is 0 Å². The van der Waals surface area contributed by atoms with Crippen molar-refractivity contribution in [2.24, 2.45) is 0 Å². The lowest BCUT2D eigenvalue weighted by Gasteiger charge is -2.33. The molecule has 1 aromatic carbocycles. The Balaban J connectivity index is 1.79. The first-order chi connectivity index (χ1) is 10.6. The molecule has 0 atom stereocenters. The fourth-order valence-electron chi connectivity index (χ4n) is 2.94. The van der Waals surface area contributed by atoms with E-state index in [-0.39, 0.29) is 12.0 Å². The van der Waals surface area contributed by atoms with Crippen LogP contribution in [0.5, 0.6) is 5.75 Å². The van der Waals surface area contributed by atoms with Crippen molar-refractivity contribution in [1.82, 2.24) is 4.90 Å². The van der Waals surface area contributed by atoms with E-state index in [1.165, 1.54) is 0 Å². The van der Waals surface area contributed by atoms with Crippen molar-refractivity contribution in [3.63, 3.8) is 0 Å². The Morgan fingerprint density at radius 2 is 1.95 bits per heavy atom. The lowest BCUT2D eigenvalue weighted by molar-refractivity contribution is -0.134. The smallest absolute Gasteiger partial charge is 0.222 e. The van der Waals surface area contributed by atoms with Gasteiger partial charge in [0.05, 0.1) is 19.3 Å². The minimum atomic E-state index is 0.230. The number of rotatable bonds is 6. The summed E-state index contributed by atoms with van der Waals surface area (Å²) < 4.78 is 11.2. The molecule has 1 amide bonds. The summed E-state index contributed by atoms with van der Waals surface area (Å²) in [5, 5.41) is 0. The normalized spacial score (nSPS) is 16.1. The van der Waals surface area contributed by atoms with Crippen LogP contribution in [0.1, 0.15) is 38.7 Å². The first-order valence-corrected chi connectivity index (χ1v) is 8.15. The van der Waals surface area contributed by atoms with Gasteiger partial charge < -0.3 is 14.4 Å². The number of amides is 1. The number of para-hydroxylation sites is 1. The number of aryl methyl sites for hydroxylation is 1. The Labute approximate surface area is 133 Å². The molecule has 1 aromatic rings. The van der Waals surface area contributed by atoms with Gasteiger partial charge >= 0.3 is 0 Å². The van der Waals surface area contributed by atoms with E-state index in [0.29, 0.717) is 12.5 Å². The van der Waals surface area contributed by atoms with Crippen LogP contribution in [-0.4, -0.2) is 43.2 Å². The number of carbonyl (C=O) groups is 1. The largest absolute Gasteiger partial charge is 0.496 e. The highest BCUT2D eigenvalue weighted by molar-refractivity contribution is 5.76. The van der Waals surface area contributed by atoms with Gasteiger partial charge in [0.2, 0.25) is 5.91 Å². The van der Waals surface area contributed by atoms with Gasteiger partial charge in [0, 0.05) is 19.5 Å². The highest BCUT2D eigenvalue weighted by Crippen LogP contribution is 2.20. The fraction of sp³-hybridized carbons (Fsp3) is 0.611. The summed E-state index contributed by atoms with van der Waals surface area (Å²) >= 11 is 0. The third-order valence-corrected chi connectivity index (χ3v) is 4.06. The monoisotopic (exact) mass is 305 g/mol. The number of carbonyl (C=O) groups excluding carboxylic acids is 1. The first kappa shape index (κ1) is 16.8. The number of methoxy groups -OCH3 is 1. The third kappa shape index (κ3) is 4.73. The second kappa shape index (κ2) is 8.18. The number of piperidine rings is 1. The minimum Gasteiger partial charge on any atom is -0.496 e. The van der Waals surface area contributed by atoms with E-state index in [1.54, 1.807) is 7.11 Å². The average Bonchev–Trinajstić information content (AvgIpc) is 2.53. The van der Waals surface area contributed by atoms with Gasteiger partial charge in [-0.2, -0.15) is 0 Å². The van der Waals surface area contributed by atoms with Gasteiger partial charge in [0.15, 0.2) is 0 Å². The van der Waals surface area contributed by atoms with Crippen LogP contribution >= 0.6 is 0 Å². The van der Waals surface area contributed by atoms with Crippen LogP contribution in [0.3, 0.4) is 0 Å². The van der Waals surface area contributed by atoms with Crippen LogP contribution in [0.4, 0.5) is 0 Å². The Hall–Kier alpha value is -1.55. The zero-order chi connectivity index (χ0) is 15.9. The van der Waals surface area contributed by atoms with Crippen LogP contribution in [0.15, 0.2) is 24.3 Å². The molecule has 4 heteroatoms. The quantitative estimate of drug-likeness (QED) is 0.811. The van der Waals surface area contributed by atoms with Crippen molar-refractivity contribution >= 4 is 5.91 Å². The van der Waals surface area contributed by atoms with Crippen LogP contribution in [-0.2, 0) is 16.0 Å². The number of hydrogen-bond acceptors (Lipinski definition) is 3. The Morgan fingerprint density at radius 3 is 2.59 bits per heavy atom. The third-order valence-electron chi connectivity index (χ3n) is 4.06. The molecule has 0 bridgehead atoms. The molecule has 0 unspecified atom stereocenters. The second-order valence-electron chi connectivity index (χ2n) is 6.08. The highest BCUT2D eigenvalue weighted by Gasteiger charge is 2.23. The molecule has 0 N–H and O–H groups in total. The molecular weight excluding hydrogens is 278 g/mol. The summed E-state index contributed by atoms with van der Waals surface area (Å²) in [6.45, 7) is 5.74. The van der Waals surface area contributed by atoms with E-state index in [4.69, 9.17) is 9.47 Å². The number of nitrogens with zero attached hydrogens (tertiary/aromatic N) is 1. The Kier molecular flexibility index (Phi) is 6.25. The summed E-state index contributed by atoms with van der Waals surface area (Å²) in [6, 6.07) is 7.89. The second-order valence-corrected chi connectivity index (χ2v) is 6.08. The topological polar surface area (TPSA) is 38.8 Å². The molecule has 1 aliphatic heterocycles. The Morgan fingerprint density at radius 1 is 1.27 bits per heavy atom. The molecule has 1 fully saturated rings. The molecule has 2 rings (SSSR count). The van der Waals surface area contributed by atoms with Gasteiger partial charge in [-0.25, -0.2) is 0 Å². The van der Waals surface area contributed by atoms with Gasteiger partial charge in [-0.05, 0) is 44.7 Å². The van der Waals surface area contributed by atoms with E-state index in [1.807, 2.05) is 29.2 Å². The molecule has 0 radical (unpaired) electrons. The standard InChI is InChI=1S/C18H27NO3/c1-14(2)22-16-10-12-19(13-11-16)18(20)9-8-15-6-4-5-7-17(15)21-3/h4-7,14,16H,8-13H2,1-3H3. The minimum absolute atomic E-state index is 0.230. The van der Waals surface area contributed by atoms with E-state index in [9.17, 15) is 4.79 Å². The van der Waals surface area contributed by atoms with Gasteiger partial charge in [0.1, 0.15) is 5.75 Å². The molecule has 22 heavy (non-hydrogen) atoms. The molecule has 1 heterocycles.